The van der Waals surface area contributed by atoms with Crippen LogP contribution in [0.15, 0.2) is 54.7 Å². The molecule has 4 rings (SSSR count). The maximum Gasteiger partial charge on any atom is 0.239 e. The van der Waals surface area contributed by atoms with Crippen LogP contribution in [0.5, 0.6) is 0 Å². The number of sulfonamides is 1. The standard InChI is InChI=1S/C23H27N5O4S2/c1-3-4-7-12-34(31,32)26-28(33(29)30)21-10-11-22-23(14-21)27(17(2)25-22)16-20-13-18-8-5-6-9-19(18)15-24-20/h5-6,8-11,13-15,26,33H,3-4,7,12,16H2,1-2H3. The van der Waals surface area contributed by atoms with Crippen molar-refractivity contribution in [2.24, 2.45) is 0 Å². The van der Waals surface area contributed by atoms with Crippen molar-refractivity contribution in [1.82, 2.24) is 19.4 Å². The number of hydrogen-bond donors (Lipinski definition) is 2. The van der Waals surface area contributed by atoms with E-state index in [4.69, 9.17) is 0 Å². The summed E-state index contributed by atoms with van der Waals surface area (Å²) >= 11 is 0. The molecular weight excluding hydrogens is 474 g/mol. The van der Waals surface area contributed by atoms with Crippen LogP contribution in [0.1, 0.15) is 37.7 Å². The van der Waals surface area contributed by atoms with Crippen molar-refractivity contribution in [1.29, 1.82) is 0 Å². The van der Waals surface area contributed by atoms with Crippen molar-refractivity contribution in [2.45, 2.75) is 39.7 Å². The second-order valence-electron chi connectivity index (χ2n) is 8.11. The maximum absolute atomic E-state index is 12.4. The van der Waals surface area contributed by atoms with E-state index in [-0.39, 0.29) is 11.4 Å². The third-order valence-electron chi connectivity index (χ3n) is 5.58. The highest BCUT2D eigenvalue weighted by molar-refractivity contribution is 7.90. The number of unbranched alkanes of at least 4 members (excludes halogenated alkanes) is 2. The Kier molecular flexibility index (Phi) is 7.15. The van der Waals surface area contributed by atoms with E-state index < -0.39 is 20.9 Å². The van der Waals surface area contributed by atoms with Gasteiger partial charge in [-0.1, -0.05) is 44.0 Å². The smallest absolute Gasteiger partial charge is 0.239 e. The monoisotopic (exact) mass is 501 g/mol. The van der Waals surface area contributed by atoms with E-state index >= 15 is 0 Å². The highest BCUT2D eigenvalue weighted by atomic mass is 32.2. The average molecular weight is 502 g/mol. The predicted octanol–water partition coefficient (Wildman–Crippen LogP) is 3.30. The molecule has 2 aromatic carbocycles. The lowest BCUT2D eigenvalue weighted by molar-refractivity contribution is 0.573. The number of thiol groups is 1. The Labute approximate surface area is 200 Å². The summed E-state index contributed by atoms with van der Waals surface area (Å²) in [7, 11) is -7.06. The van der Waals surface area contributed by atoms with Crippen LogP contribution >= 0.6 is 0 Å². The minimum Gasteiger partial charge on any atom is -0.322 e. The lowest BCUT2D eigenvalue weighted by Crippen LogP contribution is -2.42. The number of aromatic nitrogens is 3. The van der Waals surface area contributed by atoms with Crippen molar-refractivity contribution in [2.75, 3.05) is 10.2 Å². The molecule has 11 heteroatoms. The molecule has 0 aliphatic heterocycles. The van der Waals surface area contributed by atoms with Gasteiger partial charge in [0, 0.05) is 11.6 Å². The number of anilines is 1. The number of benzene rings is 2. The van der Waals surface area contributed by atoms with Crippen molar-refractivity contribution >= 4 is 48.4 Å². The van der Waals surface area contributed by atoms with E-state index in [1.807, 2.05) is 54.9 Å². The van der Waals surface area contributed by atoms with E-state index in [1.54, 1.807) is 12.1 Å². The fraction of sp³-hybridized carbons (Fsp3) is 0.304. The quantitative estimate of drug-likeness (QED) is 0.196. The molecule has 0 unspecified atom stereocenters. The normalized spacial score (nSPS) is 12.1. The molecule has 0 saturated carbocycles. The van der Waals surface area contributed by atoms with Gasteiger partial charge in [-0.15, -0.1) is 4.83 Å². The average Bonchev–Trinajstić information content (AvgIpc) is 3.11. The van der Waals surface area contributed by atoms with E-state index in [2.05, 4.69) is 14.8 Å². The molecule has 0 aliphatic carbocycles. The molecule has 0 saturated heterocycles. The molecule has 0 radical (unpaired) electrons. The molecule has 34 heavy (non-hydrogen) atoms. The SMILES string of the molecule is CCCCCS(=O)(=O)NN(c1ccc2nc(C)n(Cc3cc4ccccc4cn3)c2c1)[SH](=O)=O. The van der Waals surface area contributed by atoms with E-state index in [0.717, 1.165) is 35.1 Å². The van der Waals surface area contributed by atoms with Gasteiger partial charge in [-0.05, 0) is 43.0 Å². The van der Waals surface area contributed by atoms with Crippen LogP contribution in [0.2, 0.25) is 0 Å². The van der Waals surface area contributed by atoms with Crippen LogP contribution in [0.4, 0.5) is 5.69 Å². The number of imidazole rings is 1. The van der Waals surface area contributed by atoms with E-state index in [1.165, 1.54) is 6.07 Å². The molecule has 0 bridgehead atoms. The first kappa shape index (κ1) is 24.1. The summed E-state index contributed by atoms with van der Waals surface area (Å²) in [5, 5.41) is 2.11. The molecule has 0 atom stereocenters. The summed E-state index contributed by atoms with van der Waals surface area (Å²) in [4.78, 5) is 11.3. The number of aryl methyl sites for hydroxylation is 1. The highest BCUT2D eigenvalue weighted by Gasteiger charge is 2.20. The Balaban J connectivity index is 1.67. The molecule has 0 amide bonds. The van der Waals surface area contributed by atoms with Crippen molar-refractivity contribution in [3.8, 4) is 0 Å². The minimum atomic E-state index is -3.81. The first-order chi connectivity index (χ1) is 16.3. The molecule has 1 N–H and O–H groups in total. The van der Waals surface area contributed by atoms with Gasteiger partial charge in [-0.3, -0.25) is 4.98 Å². The lowest BCUT2D eigenvalue weighted by Gasteiger charge is -2.19. The molecular formula is C23H27N5O4S2. The lowest BCUT2D eigenvalue weighted by atomic mass is 10.1. The topological polar surface area (TPSA) is 114 Å². The van der Waals surface area contributed by atoms with Crippen molar-refractivity contribution < 1.29 is 16.8 Å². The first-order valence-electron chi connectivity index (χ1n) is 11.0. The Morgan fingerprint density at radius 2 is 1.82 bits per heavy atom. The predicted molar refractivity (Wildman–Crippen MR) is 135 cm³/mol. The minimum absolute atomic E-state index is 0.145. The third kappa shape index (κ3) is 5.37. The van der Waals surface area contributed by atoms with Gasteiger partial charge < -0.3 is 4.57 Å². The van der Waals surface area contributed by atoms with Gasteiger partial charge in [0.25, 0.3) is 0 Å². The maximum atomic E-state index is 12.4. The Morgan fingerprint density at radius 1 is 1.06 bits per heavy atom. The molecule has 180 valence electrons. The van der Waals surface area contributed by atoms with Gasteiger partial charge >= 0.3 is 0 Å². The summed E-state index contributed by atoms with van der Waals surface area (Å²) in [5.74, 6) is 0.591. The number of nitrogens with one attached hydrogen (secondary N) is 1. The van der Waals surface area contributed by atoms with E-state index in [0.29, 0.717) is 28.4 Å². The molecule has 2 heterocycles. The van der Waals surface area contributed by atoms with E-state index in [9.17, 15) is 16.8 Å². The fourth-order valence-corrected chi connectivity index (χ4v) is 5.84. The van der Waals surface area contributed by atoms with Crippen LogP contribution in [-0.4, -0.2) is 37.1 Å². The number of hydrogen-bond acceptors (Lipinski definition) is 6. The number of hydrazine groups is 1. The molecule has 4 aromatic rings. The van der Waals surface area contributed by atoms with Crippen molar-refractivity contribution in [3.05, 3.63) is 66.2 Å². The van der Waals surface area contributed by atoms with Crippen LogP contribution in [0.3, 0.4) is 0 Å². The molecule has 9 nitrogen and oxygen atoms in total. The van der Waals surface area contributed by atoms with Crippen LogP contribution in [-0.2, 0) is 27.5 Å². The third-order valence-corrected chi connectivity index (χ3v) is 7.66. The highest BCUT2D eigenvalue weighted by Crippen LogP contribution is 2.24. The second kappa shape index (κ2) is 10.1. The molecule has 0 aliphatic rings. The zero-order valence-electron chi connectivity index (χ0n) is 19.0. The van der Waals surface area contributed by atoms with Gasteiger partial charge in [0.15, 0.2) is 0 Å². The van der Waals surface area contributed by atoms with Gasteiger partial charge in [0.1, 0.15) is 5.82 Å². The number of rotatable bonds is 10. The molecule has 0 fully saturated rings. The van der Waals surface area contributed by atoms with Crippen LogP contribution in [0, 0.1) is 6.92 Å². The first-order valence-corrected chi connectivity index (χ1v) is 13.8. The zero-order chi connectivity index (χ0) is 24.3. The van der Waals surface area contributed by atoms with Crippen LogP contribution < -0.4 is 9.25 Å². The molecule has 2 aromatic heterocycles. The van der Waals surface area contributed by atoms with Gasteiger partial charge in [0.2, 0.25) is 20.9 Å². The number of fused-ring (bicyclic) bond motifs is 2. The summed E-state index contributed by atoms with van der Waals surface area (Å²) < 4.78 is 51.4. The van der Waals surface area contributed by atoms with Crippen molar-refractivity contribution in [3.63, 3.8) is 0 Å². The summed E-state index contributed by atoms with van der Waals surface area (Å²) in [5.41, 5.74) is 2.37. The second-order valence-corrected chi connectivity index (χ2v) is 10.8. The summed E-state index contributed by atoms with van der Waals surface area (Å²) in [6, 6.07) is 14.8. The van der Waals surface area contributed by atoms with Gasteiger partial charge in [0.05, 0.1) is 34.7 Å². The Morgan fingerprint density at radius 3 is 2.56 bits per heavy atom. The summed E-state index contributed by atoms with van der Waals surface area (Å²) in [6.07, 6.45) is 3.89. The Bertz CT molecular complexity index is 1500. The largest absolute Gasteiger partial charge is 0.322 e. The number of pyridine rings is 1. The Hall–Kier alpha value is -3.02. The molecule has 0 spiro atoms. The zero-order valence-corrected chi connectivity index (χ0v) is 20.7. The fourth-order valence-electron chi connectivity index (χ4n) is 3.84. The number of nitrogens with zero attached hydrogens (tertiary/aromatic N) is 4. The van der Waals surface area contributed by atoms with Crippen LogP contribution in [0.25, 0.3) is 21.8 Å². The van der Waals surface area contributed by atoms with Gasteiger partial charge in [-0.2, -0.15) is 4.41 Å². The van der Waals surface area contributed by atoms with Gasteiger partial charge in [-0.25, -0.2) is 21.8 Å². The summed E-state index contributed by atoms with van der Waals surface area (Å²) in [6.45, 7) is 4.26.